The third-order valence-electron chi connectivity index (χ3n) is 2.54. The molecular weight excluding hydrogens is 262 g/mol. The van der Waals surface area contributed by atoms with E-state index in [1.807, 2.05) is 13.8 Å². The van der Waals surface area contributed by atoms with Crippen molar-refractivity contribution in [3.63, 3.8) is 0 Å². The first kappa shape index (κ1) is 15.7. The highest BCUT2D eigenvalue weighted by molar-refractivity contribution is 5.89. The number of anilines is 1. The molecule has 0 saturated carbocycles. The molecule has 0 aromatic carbocycles. The lowest BCUT2D eigenvalue weighted by Crippen LogP contribution is -2.38. The van der Waals surface area contributed by atoms with Crippen LogP contribution >= 0.6 is 0 Å². The van der Waals surface area contributed by atoms with Gasteiger partial charge in [-0.25, -0.2) is 9.78 Å². The number of aliphatic carboxylic acids is 1. The Morgan fingerprint density at radius 2 is 2.15 bits per heavy atom. The molecule has 0 aliphatic rings. The number of amides is 2. The van der Waals surface area contributed by atoms with Crippen LogP contribution in [0.4, 0.5) is 10.5 Å². The Balaban J connectivity index is 2.50. The molecule has 1 atom stereocenters. The fourth-order valence-corrected chi connectivity index (χ4v) is 1.55. The molecule has 0 fully saturated rings. The van der Waals surface area contributed by atoms with Crippen LogP contribution in [0.25, 0.3) is 0 Å². The molecule has 7 nitrogen and oxygen atoms in total. The molecule has 0 aliphatic heterocycles. The largest absolute Gasteiger partial charge is 0.481 e. The van der Waals surface area contributed by atoms with E-state index in [1.54, 1.807) is 12.1 Å². The van der Waals surface area contributed by atoms with E-state index in [0.29, 0.717) is 24.6 Å². The minimum atomic E-state index is -0.945. The van der Waals surface area contributed by atoms with Crippen LogP contribution in [0.1, 0.15) is 26.7 Å². The molecule has 0 spiro atoms. The average molecular weight is 281 g/mol. The molecule has 1 rings (SSSR count). The minimum Gasteiger partial charge on any atom is -0.481 e. The monoisotopic (exact) mass is 281 g/mol. The van der Waals surface area contributed by atoms with Crippen LogP contribution < -0.4 is 15.4 Å². The van der Waals surface area contributed by atoms with Gasteiger partial charge in [0.25, 0.3) is 0 Å². The summed E-state index contributed by atoms with van der Waals surface area (Å²) in [4.78, 5) is 26.3. The van der Waals surface area contributed by atoms with Crippen molar-refractivity contribution >= 4 is 17.7 Å². The van der Waals surface area contributed by atoms with Crippen molar-refractivity contribution in [2.45, 2.75) is 32.7 Å². The summed E-state index contributed by atoms with van der Waals surface area (Å²) in [6.45, 7) is 4.19. The molecule has 0 radical (unpaired) electrons. The van der Waals surface area contributed by atoms with E-state index in [1.165, 1.54) is 6.20 Å². The molecular formula is C13H19N3O4. The van der Waals surface area contributed by atoms with Crippen LogP contribution in [0.15, 0.2) is 18.3 Å². The van der Waals surface area contributed by atoms with Crippen molar-refractivity contribution in [2.24, 2.45) is 0 Å². The Kier molecular flexibility index (Phi) is 6.28. The van der Waals surface area contributed by atoms with Crippen LogP contribution in [0, 0.1) is 0 Å². The van der Waals surface area contributed by atoms with Crippen LogP contribution in [0.3, 0.4) is 0 Å². The standard InChI is InChI=1S/C13H19N3O4/c1-3-9(7-12(17)18)15-13(19)16-10-5-6-11(14-8-10)20-4-2/h5-6,8-9H,3-4,7H2,1-2H3,(H,17,18)(H2,15,16,19). The summed E-state index contributed by atoms with van der Waals surface area (Å²) in [5.41, 5.74) is 0.510. The van der Waals surface area contributed by atoms with E-state index >= 15 is 0 Å². The molecule has 20 heavy (non-hydrogen) atoms. The zero-order valence-electron chi connectivity index (χ0n) is 11.5. The van der Waals surface area contributed by atoms with Gasteiger partial charge in [0.2, 0.25) is 5.88 Å². The summed E-state index contributed by atoms with van der Waals surface area (Å²) in [5.74, 6) is -0.462. The van der Waals surface area contributed by atoms with Gasteiger partial charge in [-0.2, -0.15) is 0 Å². The molecule has 0 bridgehead atoms. The van der Waals surface area contributed by atoms with Gasteiger partial charge >= 0.3 is 12.0 Å². The fraction of sp³-hybridized carbons (Fsp3) is 0.462. The quantitative estimate of drug-likeness (QED) is 0.708. The van der Waals surface area contributed by atoms with E-state index in [0.717, 1.165) is 0 Å². The zero-order valence-corrected chi connectivity index (χ0v) is 11.5. The maximum Gasteiger partial charge on any atom is 0.319 e. The lowest BCUT2D eigenvalue weighted by Gasteiger charge is -2.15. The van der Waals surface area contributed by atoms with Gasteiger partial charge in [-0.1, -0.05) is 6.92 Å². The van der Waals surface area contributed by atoms with Crippen molar-refractivity contribution in [1.82, 2.24) is 10.3 Å². The predicted octanol–water partition coefficient (Wildman–Crippen LogP) is 1.86. The first-order valence-corrected chi connectivity index (χ1v) is 6.43. The molecule has 1 aromatic rings. The fourth-order valence-electron chi connectivity index (χ4n) is 1.55. The van der Waals surface area contributed by atoms with E-state index in [-0.39, 0.29) is 6.42 Å². The second-order valence-corrected chi connectivity index (χ2v) is 4.12. The number of rotatable bonds is 7. The Morgan fingerprint density at radius 3 is 2.65 bits per heavy atom. The van der Waals surface area contributed by atoms with Gasteiger partial charge in [-0.15, -0.1) is 0 Å². The first-order chi connectivity index (χ1) is 9.55. The number of hydrogen-bond donors (Lipinski definition) is 3. The Bertz CT molecular complexity index is 447. The summed E-state index contributed by atoms with van der Waals surface area (Å²) in [6.07, 6.45) is 1.91. The molecule has 0 aliphatic carbocycles. The van der Waals surface area contributed by atoms with Gasteiger partial charge in [0.05, 0.1) is 24.9 Å². The van der Waals surface area contributed by atoms with Crippen LogP contribution in [-0.2, 0) is 4.79 Å². The lowest BCUT2D eigenvalue weighted by molar-refractivity contribution is -0.137. The van der Waals surface area contributed by atoms with Gasteiger partial charge in [0, 0.05) is 12.1 Å². The number of carbonyl (C=O) groups excluding carboxylic acids is 1. The van der Waals surface area contributed by atoms with Crippen molar-refractivity contribution in [1.29, 1.82) is 0 Å². The maximum atomic E-state index is 11.7. The number of aromatic nitrogens is 1. The molecule has 0 saturated heterocycles. The van der Waals surface area contributed by atoms with Crippen molar-refractivity contribution in [2.75, 3.05) is 11.9 Å². The number of nitrogens with zero attached hydrogens (tertiary/aromatic N) is 1. The topological polar surface area (TPSA) is 101 Å². The number of urea groups is 1. The first-order valence-electron chi connectivity index (χ1n) is 6.43. The molecule has 7 heteroatoms. The van der Waals surface area contributed by atoms with Crippen molar-refractivity contribution in [3.05, 3.63) is 18.3 Å². The van der Waals surface area contributed by atoms with Crippen molar-refractivity contribution < 1.29 is 19.4 Å². The van der Waals surface area contributed by atoms with E-state index in [9.17, 15) is 9.59 Å². The highest BCUT2D eigenvalue weighted by Gasteiger charge is 2.14. The number of carbonyl (C=O) groups is 2. The summed E-state index contributed by atoms with van der Waals surface area (Å²) >= 11 is 0. The third-order valence-corrected chi connectivity index (χ3v) is 2.54. The third kappa shape index (κ3) is 5.55. The van der Waals surface area contributed by atoms with Crippen LogP contribution in [-0.4, -0.2) is 34.7 Å². The SMILES string of the molecule is CCOc1ccc(NC(=O)NC(CC)CC(=O)O)cn1. The zero-order chi connectivity index (χ0) is 15.0. The number of carboxylic acids is 1. The second kappa shape index (κ2) is 7.98. The highest BCUT2D eigenvalue weighted by Crippen LogP contribution is 2.11. The van der Waals surface area contributed by atoms with Gasteiger partial charge < -0.3 is 20.5 Å². The lowest BCUT2D eigenvalue weighted by atomic mass is 10.1. The minimum absolute atomic E-state index is 0.106. The van der Waals surface area contributed by atoms with Gasteiger partial charge in [0.1, 0.15) is 0 Å². The summed E-state index contributed by atoms with van der Waals surface area (Å²) in [5, 5.41) is 13.9. The average Bonchev–Trinajstić information content (AvgIpc) is 2.40. The van der Waals surface area contributed by atoms with Gasteiger partial charge in [-0.05, 0) is 19.4 Å². The molecule has 110 valence electrons. The van der Waals surface area contributed by atoms with Crippen LogP contribution in [0.2, 0.25) is 0 Å². The molecule has 1 heterocycles. The highest BCUT2D eigenvalue weighted by atomic mass is 16.5. The number of ether oxygens (including phenoxy) is 1. The Morgan fingerprint density at radius 1 is 1.40 bits per heavy atom. The maximum absolute atomic E-state index is 11.7. The number of nitrogens with one attached hydrogen (secondary N) is 2. The number of carboxylic acid groups (broad SMARTS) is 1. The van der Waals surface area contributed by atoms with E-state index < -0.39 is 18.0 Å². The molecule has 3 N–H and O–H groups in total. The van der Waals surface area contributed by atoms with Gasteiger partial charge in [-0.3, -0.25) is 4.79 Å². The molecule has 2 amide bonds. The smallest absolute Gasteiger partial charge is 0.319 e. The predicted molar refractivity (Wildman–Crippen MR) is 73.9 cm³/mol. The van der Waals surface area contributed by atoms with Crippen LogP contribution in [0.5, 0.6) is 5.88 Å². The molecule has 1 unspecified atom stereocenters. The van der Waals surface area contributed by atoms with Crippen molar-refractivity contribution in [3.8, 4) is 5.88 Å². The summed E-state index contributed by atoms with van der Waals surface area (Å²) in [6, 6.07) is 2.45. The Labute approximate surface area is 117 Å². The van der Waals surface area contributed by atoms with Gasteiger partial charge in [0.15, 0.2) is 0 Å². The molecule has 1 aromatic heterocycles. The number of pyridine rings is 1. The van der Waals surface area contributed by atoms with E-state index in [4.69, 9.17) is 9.84 Å². The van der Waals surface area contributed by atoms with E-state index in [2.05, 4.69) is 15.6 Å². The normalized spacial score (nSPS) is 11.5. The Hall–Kier alpha value is -2.31. The summed E-state index contributed by atoms with van der Waals surface area (Å²) < 4.78 is 5.19. The number of hydrogen-bond acceptors (Lipinski definition) is 4. The summed E-state index contributed by atoms with van der Waals surface area (Å²) in [7, 11) is 0. The second-order valence-electron chi connectivity index (χ2n) is 4.12.